The zero-order valence-corrected chi connectivity index (χ0v) is 12.7. The van der Waals surface area contributed by atoms with Crippen molar-refractivity contribution < 1.29 is 23.1 Å². The minimum atomic E-state index is -4.37. The van der Waals surface area contributed by atoms with Crippen LogP contribution in [0.2, 0.25) is 0 Å². The van der Waals surface area contributed by atoms with Gasteiger partial charge in [-0.05, 0) is 36.6 Å². The smallest absolute Gasteiger partial charge is 0.397 e. The number of carboxylic acid groups (broad SMARTS) is 1. The number of rotatable bonds is 4. The third-order valence-corrected chi connectivity index (χ3v) is 3.78. The molecular weight excluding hydrogens is 307 g/mol. The molecule has 0 aliphatic carbocycles. The van der Waals surface area contributed by atoms with E-state index in [9.17, 15) is 18.0 Å². The van der Waals surface area contributed by atoms with Crippen LogP contribution < -0.4 is 0 Å². The summed E-state index contributed by atoms with van der Waals surface area (Å²) in [5, 5.41) is 8.82. The molecule has 0 saturated heterocycles. The highest BCUT2D eigenvalue weighted by Crippen LogP contribution is 2.41. The third-order valence-electron chi connectivity index (χ3n) is 3.78. The van der Waals surface area contributed by atoms with Gasteiger partial charge in [0.15, 0.2) is 0 Å². The van der Waals surface area contributed by atoms with Crippen LogP contribution in [-0.2, 0) is 16.6 Å². The molecular formula is C17H16F3NO2. The second-order valence-corrected chi connectivity index (χ2v) is 5.86. The minimum Gasteiger partial charge on any atom is -0.481 e. The minimum absolute atomic E-state index is 0.145. The molecule has 0 bridgehead atoms. The monoisotopic (exact) mass is 323 g/mol. The van der Waals surface area contributed by atoms with E-state index in [0.29, 0.717) is 16.7 Å². The Bertz CT molecular complexity index is 724. The van der Waals surface area contributed by atoms with Gasteiger partial charge in [-0.2, -0.15) is 13.2 Å². The molecule has 3 nitrogen and oxygen atoms in total. The molecule has 2 aromatic rings. The molecule has 0 unspecified atom stereocenters. The molecule has 0 atom stereocenters. The van der Waals surface area contributed by atoms with Gasteiger partial charge in [0.25, 0.3) is 0 Å². The Hall–Kier alpha value is -2.37. The van der Waals surface area contributed by atoms with Crippen LogP contribution in [0, 0.1) is 0 Å². The molecule has 0 saturated carbocycles. The van der Waals surface area contributed by atoms with Gasteiger partial charge in [0, 0.05) is 18.0 Å². The van der Waals surface area contributed by atoms with E-state index in [1.54, 1.807) is 18.2 Å². The maximum atomic E-state index is 13.2. The first-order chi connectivity index (χ1) is 10.6. The highest BCUT2D eigenvalue weighted by molar-refractivity contribution is 5.71. The summed E-state index contributed by atoms with van der Waals surface area (Å²) in [6.07, 6.45) is -1.62. The predicted octanol–water partition coefficient (Wildman–Crippen LogP) is 4.22. The number of hydrogen-bond donors (Lipinski definition) is 1. The van der Waals surface area contributed by atoms with E-state index >= 15 is 0 Å². The van der Waals surface area contributed by atoms with Crippen LogP contribution in [-0.4, -0.2) is 22.2 Å². The van der Waals surface area contributed by atoms with Crippen LogP contribution in [0.1, 0.15) is 25.0 Å². The molecule has 0 amide bonds. The standard InChI is InChI=1S/C17H16F3NO2/c1-16(2,17(18,19)20)14-5-3-4-12(8-14)13-6-11(7-15(22)23)9-21-10-13/h3-6,8-10H,7H2,1-2H3,(H,22,23). The Kier molecular flexibility index (Phi) is 4.45. The van der Waals surface area contributed by atoms with E-state index in [0.717, 1.165) is 13.8 Å². The number of carbonyl (C=O) groups is 1. The topological polar surface area (TPSA) is 50.2 Å². The van der Waals surface area contributed by atoms with Crippen molar-refractivity contribution in [3.63, 3.8) is 0 Å². The molecule has 0 spiro atoms. The zero-order chi connectivity index (χ0) is 17.3. The van der Waals surface area contributed by atoms with Crippen molar-refractivity contribution in [2.75, 3.05) is 0 Å². The van der Waals surface area contributed by atoms with Gasteiger partial charge in [0.1, 0.15) is 0 Å². The number of halogens is 3. The van der Waals surface area contributed by atoms with E-state index < -0.39 is 17.6 Å². The lowest BCUT2D eigenvalue weighted by molar-refractivity contribution is -0.180. The van der Waals surface area contributed by atoms with E-state index in [-0.39, 0.29) is 12.0 Å². The Morgan fingerprint density at radius 3 is 2.43 bits per heavy atom. The summed E-state index contributed by atoms with van der Waals surface area (Å²) in [4.78, 5) is 14.7. The first-order valence-electron chi connectivity index (χ1n) is 6.94. The summed E-state index contributed by atoms with van der Waals surface area (Å²) < 4.78 is 39.5. The van der Waals surface area contributed by atoms with Crippen molar-refractivity contribution in [2.24, 2.45) is 0 Å². The summed E-state index contributed by atoms with van der Waals surface area (Å²) >= 11 is 0. The third kappa shape index (κ3) is 3.70. The number of aliphatic carboxylic acids is 1. The first kappa shape index (κ1) is 17.0. The molecule has 1 aromatic heterocycles. The van der Waals surface area contributed by atoms with Crippen molar-refractivity contribution in [1.82, 2.24) is 4.98 Å². The largest absolute Gasteiger partial charge is 0.481 e. The highest BCUT2D eigenvalue weighted by atomic mass is 19.4. The van der Waals surface area contributed by atoms with Crippen molar-refractivity contribution >= 4 is 5.97 Å². The number of aromatic nitrogens is 1. The van der Waals surface area contributed by atoms with E-state index in [1.165, 1.54) is 24.5 Å². The van der Waals surface area contributed by atoms with Gasteiger partial charge in [-0.15, -0.1) is 0 Å². The summed E-state index contributed by atoms with van der Waals surface area (Å²) in [7, 11) is 0. The maximum Gasteiger partial charge on any atom is 0.397 e. The summed E-state index contributed by atoms with van der Waals surface area (Å²) in [6, 6.07) is 7.76. The van der Waals surface area contributed by atoms with Crippen LogP contribution in [0.4, 0.5) is 13.2 Å². The molecule has 0 aliphatic rings. The Morgan fingerprint density at radius 2 is 1.83 bits per heavy atom. The average Bonchev–Trinajstić information content (AvgIpc) is 2.46. The molecule has 2 rings (SSSR count). The highest BCUT2D eigenvalue weighted by Gasteiger charge is 2.48. The lowest BCUT2D eigenvalue weighted by Crippen LogP contribution is -2.36. The van der Waals surface area contributed by atoms with E-state index in [1.807, 2.05) is 0 Å². The lowest BCUT2D eigenvalue weighted by Gasteiger charge is -2.28. The van der Waals surface area contributed by atoms with Gasteiger partial charge in [0.05, 0.1) is 11.8 Å². The molecule has 23 heavy (non-hydrogen) atoms. The van der Waals surface area contributed by atoms with Gasteiger partial charge in [-0.3, -0.25) is 9.78 Å². The lowest BCUT2D eigenvalue weighted by atomic mass is 9.82. The van der Waals surface area contributed by atoms with Crippen molar-refractivity contribution in [2.45, 2.75) is 31.9 Å². The Balaban J connectivity index is 2.43. The molecule has 0 fully saturated rings. The molecule has 1 heterocycles. The predicted molar refractivity (Wildman–Crippen MR) is 80.1 cm³/mol. The molecule has 6 heteroatoms. The van der Waals surface area contributed by atoms with E-state index in [2.05, 4.69) is 4.98 Å². The van der Waals surface area contributed by atoms with Gasteiger partial charge in [-0.1, -0.05) is 24.3 Å². The summed E-state index contributed by atoms with van der Waals surface area (Å²) in [5.41, 5.74) is -0.181. The summed E-state index contributed by atoms with van der Waals surface area (Å²) in [6.45, 7) is 2.26. The van der Waals surface area contributed by atoms with Gasteiger partial charge < -0.3 is 5.11 Å². The van der Waals surface area contributed by atoms with Gasteiger partial charge in [0.2, 0.25) is 0 Å². The molecule has 1 N–H and O–H groups in total. The number of hydrogen-bond acceptors (Lipinski definition) is 2. The number of nitrogens with zero attached hydrogens (tertiary/aromatic N) is 1. The number of alkyl halides is 3. The normalized spacial score (nSPS) is 12.2. The molecule has 122 valence electrons. The maximum absolute atomic E-state index is 13.2. The van der Waals surface area contributed by atoms with Gasteiger partial charge >= 0.3 is 12.1 Å². The van der Waals surface area contributed by atoms with Crippen molar-refractivity contribution in [1.29, 1.82) is 0 Å². The Labute approximate surface area is 131 Å². The average molecular weight is 323 g/mol. The van der Waals surface area contributed by atoms with Crippen LogP contribution >= 0.6 is 0 Å². The van der Waals surface area contributed by atoms with Crippen LogP contribution in [0.3, 0.4) is 0 Å². The fourth-order valence-electron chi connectivity index (χ4n) is 2.17. The van der Waals surface area contributed by atoms with Crippen LogP contribution in [0.15, 0.2) is 42.7 Å². The SMILES string of the molecule is CC(C)(c1cccc(-c2cncc(CC(=O)O)c2)c1)C(F)(F)F. The molecule has 1 aromatic carbocycles. The second-order valence-electron chi connectivity index (χ2n) is 5.86. The molecule has 0 radical (unpaired) electrons. The Morgan fingerprint density at radius 1 is 1.13 bits per heavy atom. The quantitative estimate of drug-likeness (QED) is 0.916. The second kappa shape index (κ2) is 6.02. The van der Waals surface area contributed by atoms with E-state index in [4.69, 9.17) is 5.11 Å². The van der Waals surface area contributed by atoms with Crippen molar-refractivity contribution in [3.05, 3.63) is 53.9 Å². The van der Waals surface area contributed by atoms with Gasteiger partial charge in [-0.25, -0.2) is 0 Å². The zero-order valence-electron chi connectivity index (χ0n) is 12.7. The number of pyridine rings is 1. The number of carboxylic acids is 1. The van der Waals surface area contributed by atoms with Crippen molar-refractivity contribution in [3.8, 4) is 11.1 Å². The fourth-order valence-corrected chi connectivity index (χ4v) is 2.17. The molecule has 0 aliphatic heterocycles. The fraction of sp³-hybridized carbons (Fsp3) is 0.294. The van der Waals surface area contributed by atoms with Crippen LogP contribution in [0.5, 0.6) is 0 Å². The number of benzene rings is 1. The summed E-state index contributed by atoms with van der Waals surface area (Å²) in [5.74, 6) is -0.990. The van der Waals surface area contributed by atoms with Crippen LogP contribution in [0.25, 0.3) is 11.1 Å². The first-order valence-corrected chi connectivity index (χ1v) is 6.94.